The predicted octanol–water partition coefficient (Wildman–Crippen LogP) is 5.11. The zero-order valence-electron chi connectivity index (χ0n) is 11.9. The molecule has 108 valence electrons. The van der Waals surface area contributed by atoms with Gasteiger partial charge in [-0.05, 0) is 42.9 Å². The third-order valence-corrected chi connectivity index (χ3v) is 5.92. The number of halogens is 1. The number of benzene rings is 1. The average Bonchev–Trinajstić information content (AvgIpc) is 2.47. The largest absolute Gasteiger partial charge is 0.335 e. The molecular formula is C16H21ClN2S. The van der Waals surface area contributed by atoms with Crippen molar-refractivity contribution in [3.05, 3.63) is 28.8 Å². The molecule has 1 heterocycles. The van der Waals surface area contributed by atoms with E-state index in [-0.39, 0.29) is 0 Å². The molecule has 1 fully saturated rings. The van der Waals surface area contributed by atoms with Gasteiger partial charge in [0.15, 0.2) is 5.17 Å². The Morgan fingerprint density at radius 3 is 2.75 bits per heavy atom. The lowest BCUT2D eigenvalue weighted by molar-refractivity contribution is 0.232. The lowest BCUT2D eigenvalue weighted by Crippen LogP contribution is -2.35. The highest BCUT2D eigenvalue weighted by atomic mass is 35.5. The monoisotopic (exact) mass is 308 g/mol. The number of anilines is 1. The minimum atomic E-state index is 0.484. The first-order chi connectivity index (χ1) is 9.67. The second kappa shape index (κ2) is 5.98. The van der Waals surface area contributed by atoms with Gasteiger partial charge in [-0.1, -0.05) is 48.7 Å². The van der Waals surface area contributed by atoms with E-state index < -0.39 is 0 Å². The van der Waals surface area contributed by atoms with Gasteiger partial charge in [-0.2, -0.15) is 0 Å². The molecule has 1 saturated carbocycles. The summed E-state index contributed by atoms with van der Waals surface area (Å²) in [4.78, 5) is 4.80. The normalized spacial score (nSPS) is 21.6. The Bertz CT molecular complexity index is 521. The van der Waals surface area contributed by atoms with Crippen LogP contribution >= 0.6 is 23.4 Å². The number of amidine groups is 1. The van der Waals surface area contributed by atoms with Gasteiger partial charge in [-0.25, -0.2) is 0 Å². The number of nitrogens with one attached hydrogen (secondary N) is 1. The average molecular weight is 309 g/mol. The van der Waals surface area contributed by atoms with E-state index in [0.717, 1.165) is 22.4 Å². The fourth-order valence-electron chi connectivity index (χ4n) is 3.08. The van der Waals surface area contributed by atoms with Gasteiger partial charge < -0.3 is 5.32 Å². The smallest absolute Gasteiger partial charge is 0.161 e. The molecule has 4 heteroatoms. The summed E-state index contributed by atoms with van der Waals surface area (Å²) in [6.07, 6.45) is 6.88. The van der Waals surface area contributed by atoms with Crippen LogP contribution in [0.2, 0.25) is 5.02 Å². The highest BCUT2D eigenvalue weighted by molar-refractivity contribution is 8.14. The highest BCUT2D eigenvalue weighted by Crippen LogP contribution is 2.42. The van der Waals surface area contributed by atoms with E-state index in [1.165, 1.54) is 43.4 Å². The minimum absolute atomic E-state index is 0.484. The molecule has 2 aliphatic rings. The summed E-state index contributed by atoms with van der Waals surface area (Å²) in [5.41, 5.74) is 2.76. The number of nitrogens with zero attached hydrogens (tertiary/aromatic N) is 1. The number of aryl methyl sites for hydroxylation is 1. The van der Waals surface area contributed by atoms with Crippen molar-refractivity contribution in [2.45, 2.75) is 39.0 Å². The summed E-state index contributed by atoms with van der Waals surface area (Å²) < 4.78 is 0. The molecule has 0 unspecified atom stereocenters. The van der Waals surface area contributed by atoms with Crippen LogP contribution in [0.1, 0.15) is 37.7 Å². The number of aliphatic imine (C=N–C) groups is 1. The van der Waals surface area contributed by atoms with Gasteiger partial charge in [0, 0.05) is 23.0 Å². The fraction of sp³-hybridized carbons (Fsp3) is 0.562. The van der Waals surface area contributed by atoms with Gasteiger partial charge in [0.25, 0.3) is 0 Å². The van der Waals surface area contributed by atoms with Gasteiger partial charge in [-0.15, -0.1) is 0 Å². The van der Waals surface area contributed by atoms with Crippen LogP contribution < -0.4 is 5.32 Å². The summed E-state index contributed by atoms with van der Waals surface area (Å²) in [5.74, 6) is 1.21. The first-order valence-corrected chi connectivity index (χ1v) is 8.74. The third kappa shape index (κ3) is 3.15. The first-order valence-electron chi connectivity index (χ1n) is 7.37. The topological polar surface area (TPSA) is 24.4 Å². The van der Waals surface area contributed by atoms with Gasteiger partial charge in [0.1, 0.15) is 0 Å². The van der Waals surface area contributed by atoms with E-state index in [4.69, 9.17) is 16.6 Å². The molecule has 0 saturated heterocycles. The molecule has 1 aliphatic heterocycles. The van der Waals surface area contributed by atoms with Gasteiger partial charge in [0.05, 0.1) is 0 Å². The zero-order valence-corrected chi connectivity index (χ0v) is 13.5. The maximum atomic E-state index is 6.06. The van der Waals surface area contributed by atoms with E-state index in [1.54, 1.807) is 0 Å². The van der Waals surface area contributed by atoms with Crippen LogP contribution in [0.15, 0.2) is 23.2 Å². The third-order valence-electron chi connectivity index (χ3n) is 4.43. The highest BCUT2D eigenvalue weighted by Gasteiger charge is 2.34. The second-order valence-corrected chi connectivity index (χ2v) is 7.46. The van der Waals surface area contributed by atoms with Crippen LogP contribution in [0.4, 0.5) is 5.69 Å². The molecular weight excluding hydrogens is 288 g/mol. The molecule has 0 atom stereocenters. The standard InChI is InChI=1S/C16H21ClN2S/c1-12-5-6-13(17)9-14(12)19-15-18-10-16(11-20-15)7-3-2-4-8-16/h5-6,9H,2-4,7-8,10-11H2,1H3,(H,18,19). The van der Waals surface area contributed by atoms with Gasteiger partial charge in [-0.3, -0.25) is 4.99 Å². The molecule has 20 heavy (non-hydrogen) atoms. The van der Waals surface area contributed by atoms with Gasteiger partial charge in [0.2, 0.25) is 0 Å². The van der Waals surface area contributed by atoms with E-state index in [0.29, 0.717) is 5.41 Å². The number of thioether (sulfide) groups is 1. The summed E-state index contributed by atoms with van der Waals surface area (Å²) in [5, 5.41) is 5.26. The summed E-state index contributed by atoms with van der Waals surface area (Å²) in [6.45, 7) is 3.08. The van der Waals surface area contributed by atoms with E-state index in [2.05, 4.69) is 12.2 Å². The molecule has 0 amide bonds. The van der Waals surface area contributed by atoms with Crippen molar-refractivity contribution >= 4 is 34.2 Å². The van der Waals surface area contributed by atoms with Crippen molar-refractivity contribution in [3.63, 3.8) is 0 Å². The van der Waals surface area contributed by atoms with Crippen molar-refractivity contribution in [1.82, 2.24) is 0 Å². The number of hydrogen-bond acceptors (Lipinski definition) is 3. The Labute approximate surface area is 130 Å². The second-order valence-electron chi connectivity index (χ2n) is 6.05. The van der Waals surface area contributed by atoms with E-state index in [9.17, 15) is 0 Å². The first kappa shape index (κ1) is 14.3. The van der Waals surface area contributed by atoms with Crippen LogP contribution in [-0.4, -0.2) is 17.5 Å². The lowest BCUT2D eigenvalue weighted by Gasteiger charge is -2.38. The Balaban J connectivity index is 1.69. The fourth-order valence-corrected chi connectivity index (χ4v) is 4.41. The summed E-state index contributed by atoms with van der Waals surface area (Å²) in [6, 6.07) is 5.95. The van der Waals surface area contributed by atoms with Crippen LogP contribution in [0.25, 0.3) is 0 Å². The van der Waals surface area contributed by atoms with E-state index in [1.807, 2.05) is 30.0 Å². The summed E-state index contributed by atoms with van der Waals surface area (Å²) in [7, 11) is 0. The van der Waals surface area contributed by atoms with Crippen molar-refractivity contribution in [3.8, 4) is 0 Å². The minimum Gasteiger partial charge on any atom is -0.335 e. The Morgan fingerprint density at radius 1 is 1.25 bits per heavy atom. The molecule has 3 rings (SSSR count). The molecule has 1 aliphatic carbocycles. The molecule has 2 nitrogen and oxygen atoms in total. The number of rotatable bonds is 1. The van der Waals surface area contributed by atoms with Crippen molar-refractivity contribution in [2.24, 2.45) is 10.4 Å². The molecule has 1 aromatic carbocycles. The van der Waals surface area contributed by atoms with Crippen LogP contribution in [0.3, 0.4) is 0 Å². The zero-order chi connectivity index (χ0) is 14.0. The predicted molar refractivity (Wildman–Crippen MR) is 90.1 cm³/mol. The molecule has 1 aromatic rings. The molecule has 1 N–H and O–H groups in total. The lowest BCUT2D eigenvalue weighted by atomic mass is 9.75. The van der Waals surface area contributed by atoms with Gasteiger partial charge >= 0.3 is 0 Å². The van der Waals surface area contributed by atoms with E-state index >= 15 is 0 Å². The van der Waals surface area contributed by atoms with Crippen molar-refractivity contribution in [2.75, 3.05) is 17.6 Å². The SMILES string of the molecule is Cc1ccc(Cl)cc1NC1=NCC2(CCCCC2)CS1. The molecule has 0 aromatic heterocycles. The van der Waals surface area contributed by atoms with Crippen LogP contribution in [-0.2, 0) is 0 Å². The molecule has 1 spiro atoms. The maximum absolute atomic E-state index is 6.06. The van der Waals surface area contributed by atoms with Crippen LogP contribution in [0, 0.1) is 12.3 Å². The molecule has 0 bridgehead atoms. The summed E-state index contributed by atoms with van der Waals surface area (Å²) >= 11 is 7.94. The quantitative estimate of drug-likeness (QED) is 0.779. The van der Waals surface area contributed by atoms with Crippen molar-refractivity contribution < 1.29 is 0 Å². The number of hydrogen-bond donors (Lipinski definition) is 1. The maximum Gasteiger partial charge on any atom is 0.161 e. The van der Waals surface area contributed by atoms with Crippen LogP contribution in [0.5, 0.6) is 0 Å². The Hall–Kier alpha value is -0.670. The Morgan fingerprint density at radius 2 is 2.05 bits per heavy atom. The Kier molecular flexibility index (Phi) is 4.27. The molecule has 0 radical (unpaired) electrons. The van der Waals surface area contributed by atoms with Crippen molar-refractivity contribution in [1.29, 1.82) is 0 Å².